The fraction of sp³-hybridized carbons (Fsp3) is 0.222. The maximum atomic E-state index is 15.1. The quantitative estimate of drug-likeness (QED) is 0.605. The van der Waals surface area contributed by atoms with Crippen LogP contribution in [0.5, 0.6) is 0 Å². The minimum Gasteiger partial charge on any atom is -0.345 e. The number of fused-ring (bicyclic) bond motifs is 1. The van der Waals surface area contributed by atoms with E-state index in [1.54, 1.807) is 13.0 Å². The molecule has 0 aliphatic carbocycles. The summed E-state index contributed by atoms with van der Waals surface area (Å²) in [4.78, 5) is 19.8. The van der Waals surface area contributed by atoms with E-state index in [0.717, 1.165) is 0 Å². The molecule has 0 bridgehead atoms. The first-order chi connectivity index (χ1) is 12.7. The number of benzene rings is 1. The maximum absolute atomic E-state index is 15.1. The number of nitrogens with two attached hydrogens (primary N) is 1. The first-order valence-corrected chi connectivity index (χ1v) is 10.2. The molecule has 3 rings (SSSR count). The van der Waals surface area contributed by atoms with Crippen molar-refractivity contribution in [3.05, 3.63) is 64.2 Å². The molecule has 27 heavy (non-hydrogen) atoms. The van der Waals surface area contributed by atoms with Gasteiger partial charge in [0.25, 0.3) is 0 Å². The van der Waals surface area contributed by atoms with E-state index in [-0.39, 0.29) is 23.1 Å². The van der Waals surface area contributed by atoms with Crippen LogP contribution in [0.1, 0.15) is 46.5 Å². The third kappa shape index (κ3) is 3.73. The minimum atomic E-state index is -4.02. The molecule has 0 saturated heterocycles. The average molecular weight is 410 g/mol. The monoisotopic (exact) mass is 409 g/mol. The fourth-order valence-corrected chi connectivity index (χ4v) is 4.30. The van der Waals surface area contributed by atoms with Gasteiger partial charge in [-0.25, -0.2) is 22.9 Å². The Bertz CT molecular complexity index is 1130. The third-order valence-electron chi connectivity index (χ3n) is 4.31. The van der Waals surface area contributed by atoms with Crippen molar-refractivity contribution in [1.29, 1.82) is 0 Å². The lowest BCUT2D eigenvalue weighted by atomic mass is 9.98. The molecule has 1 unspecified atom stereocenters. The number of nitrogens with zero attached hydrogens (tertiary/aromatic N) is 1. The van der Waals surface area contributed by atoms with Crippen LogP contribution in [0.4, 0.5) is 4.39 Å². The minimum absolute atomic E-state index is 0.110. The van der Waals surface area contributed by atoms with Crippen LogP contribution in [0.15, 0.2) is 36.7 Å². The number of sulfonamides is 1. The van der Waals surface area contributed by atoms with Gasteiger partial charge < -0.3 is 4.98 Å². The number of aromatic amines is 1. The lowest BCUT2D eigenvalue weighted by Gasteiger charge is -2.16. The van der Waals surface area contributed by atoms with Crippen molar-refractivity contribution in [2.75, 3.05) is 0 Å². The molecule has 142 valence electrons. The van der Waals surface area contributed by atoms with Crippen molar-refractivity contribution in [2.45, 2.75) is 25.0 Å². The zero-order valence-corrected chi connectivity index (χ0v) is 15.9. The summed E-state index contributed by atoms with van der Waals surface area (Å²) in [5.41, 5.74) is 0.283. The Morgan fingerprint density at radius 1 is 1.37 bits per heavy atom. The molecule has 3 N–H and O–H groups in total. The van der Waals surface area contributed by atoms with Gasteiger partial charge in [0.2, 0.25) is 10.0 Å². The maximum Gasteiger partial charge on any atom is 0.216 e. The number of nitrogens with one attached hydrogen (secondary N) is 1. The van der Waals surface area contributed by atoms with E-state index in [1.807, 2.05) is 0 Å². The lowest BCUT2D eigenvalue weighted by Crippen LogP contribution is -2.23. The molecule has 0 amide bonds. The molecule has 2 aromatic heterocycles. The van der Waals surface area contributed by atoms with Crippen LogP contribution in [-0.4, -0.2) is 24.2 Å². The van der Waals surface area contributed by atoms with Gasteiger partial charge in [-0.1, -0.05) is 37.1 Å². The summed E-state index contributed by atoms with van der Waals surface area (Å²) in [7, 11) is -4.02. The molecule has 0 aliphatic heterocycles. The number of H-pyrrole nitrogens is 1. The van der Waals surface area contributed by atoms with E-state index >= 15 is 4.39 Å². The van der Waals surface area contributed by atoms with Gasteiger partial charge in [-0.3, -0.25) is 4.79 Å². The summed E-state index contributed by atoms with van der Waals surface area (Å²) >= 11 is 5.94. The van der Waals surface area contributed by atoms with Crippen molar-refractivity contribution in [3.63, 3.8) is 0 Å². The van der Waals surface area contributed by atoms with E-state index in [4.69, 9.17) is 16.7 Å². The molecule has 0 radical (unpaired) electrons. The number of hydrogen-bond acceptors (Lipinski definition) is 4. The zero-order chi connectivity index (χ0) is 19.8. The molecule has 0 spiro atoms. The van der Waals surface area contributed by atoms with Crippen LogP contribution in [-0.2, 0) is 10.0 Å². The van der Waals surface area contributed by atoms with Crippen molar-refractivity contribution in [1.82, 2.24) is 9.97 Å². The highest BCUT2D eigenvalue weighted by atomic mass is 35.5. The van der Waals surface area contributed by atoms with Crippen LogP contribution in [0.2, 0.25) is 5.02 Å². The van der Waals surface area contributed by atoms with Crippen LogP contribution in [0.25, 0.3) is 11.0 Å². The highest BCUT2D eigenvalue weighted by Crippen LogP contribution is 2.31. The predicted molar refractivity (Wildman–Crippen MR) is 102 cm³/mol. The number of pyridine rings is 1. The Hall–Kier alpha value is -2.29. The van der Waals surface area contributed by atoms with Crippen molar-refractivity contribution in [3.8, 4) is 0 Å². The van der Waals surface area contributed by atoms with Crippen molar-refractivity contribution < 1.29 is 17.6 Å². The molecule has 0 aliphatic rings. The molecule has 1 atom stereocenters. The van der Waals surface area contributed by atoms with E-state index in [9.17, 15) is 13.2 Å². The number of carbonyl (C=O) groups is 1. The molecule has 2 heterocycles. The Morgan fingerprint density at radius 3 is 2.78 bits per heavy atom. The van der Waals surface area contributed by atoms with Gasteiger partial charge in [0.1, 0.15) is 16.7 Å². The van der Waals surface area contributed by atoms with Gasteiger partial charge in [0.05, 0.1) is 10.6 Å². The molecule has 0 fully saturated rings. The Balaban J connectivity index is 2.12. The average Bonchev–Trinajstić information content (AvgIpc) is 3.01. The molecule has 1 aromatic carbocycles. The second kappa shape index (κ2) is 7.38. The van der Waals surface area contributed by atoms with E-state index in [0.29, 0.717) is 22.5 Å². The number of primary sulfonamides is 1. The van der Waals surface area contributed by atoms with Crippen molar-refractivity contribution in [2.24, 2.45) is 5.14 Å². The summed E-state index contributed by atoms with van der Waals surface area (Å²) in [5.74, 6) is -1.49. The van der Waals surface area contributed by atoms with Crippen LogP contribution in [0, 0.1) is 5.82 Å². The standard InChI is InChI=1S/C18H17ClFN3O3S/c1-2-4-15(27(21,25)26)11-5-3-6-12(16(11)20)17(24)14-9-23-18-13(14)7-10(19)8-22-18/h3,5-9,15H,2,4H2,1H3,(H,22,23)(H2,21,25,26). The molecule has 3 aromatic rings. The number of hydrogen-bond donors (Lipinski definition) is 2. The van der Waals surface area contributed by atoms with Crippen LogP contribution >= 0.6 is 11.6 Å². The highest BCUT2D eigenvalue weighted by molar-refractivity contribution is 7.89. The highest BCUT2D eigenvalue weighted by Gasteiger charge is 2.29. The molecular formula is C18H17ClFN3O3S. The Morgan fingerprint density at radius 2 is 2.11 bits per heavy atom. The molecule has 6 nitrogen and oxygen atoms in total. The second-order valence-electron chi connectivity index (χ2n) is 6.16. The topological polar surface area (TPSA) is 106 Å². The Kier molecular flexibility index (Phi) is 5.32. The fourth-order valence-electron chi connectivity index (χ4n) is 3.04. The number of rotatable bonds is 6. The SMILES string of the molecule is CCCC(c1cccc(C(=O)c2c[nH]c3ncc(Cl)cc23)c1F)S(N)(=O)=O. The van der Waals surface area contributed by atoms with Crippen molar-refractivity contribution >= 4 is 38.4 Å². The molecule has 9 heteroatoms. The largest absolute Gasteiger partial charge is 0.345 e. The van der Waals surface area contributed by atoms with Crippen LogP contribution < -0.4 is 5.14 Å². The third-order valence-corrected chi connectivity index (χ3v) is 5.80. The van der Waals surface area contributed by atoms with Gasteiger partial charge >= 0.3 is 0 Å². The number of carbonyl (C=O) groups excluding carboxylic acids is 1. The van der Waals surface area contributed by atoms with Crippen LogP contribution in [0.3, 0.4) is 0 Å². The first kappa shape index (κ1) is 19.5. The van der Waals surface area contributed by atoms with Gasteiger partial charge in [-0.05, 0) is 18.6 Å². The van der Waals surface area contributed by atoms with E-state index in [1.165, 1.54) is 30.6 Å². The number of ketones is 1. The van der Waals surface area contributed by atoms with E-state index < -0.39 is 26.9 Å². The molecule has 0 saturated carbocycles. The summed E-state index contributed by atoms with van der Waals surface area (Å²) in [5, 5.41) is 4.85. The number of aromatic nitrogens is 2. The second-order valence-corrected chi connectivity index (χ2v) is 8.34. The van der Waals surface area contributed by atoms with E-state index in [2.05, 4.69) is 9.97 Å². The van der Waals surface area contributed by atoms with Gasteiger partial charge in [-0.15, -0.1) is 0 Å². The number of halogens is 2. The Labute approximate surface area is 160 Å². The predicted octanol–water partition coefficient (Wildman–Crippen LogP) is 3.72. The lowest BCUT2D eigenvalue weighted by molar-refractivity contribution is 0.103. The normalized spacial score (nSPS) is 13.0. The summed E-state index contributed by atoms with van der Waals surface area (Å²) < 4.78 is 38.9. The van der Waals surface area contributed by atoms with Gasteiger partial charge in [0.15, 0.2) is 5.78 Å². The smallest absolute Gasteiger partial charge is 0.216 e. The first-order valence-electron chi connectivity index (χ1n) is 8.21. The molecular weight excluding hydrogens is 393 g/mol. The zero-order valence-electron chi connectivity index (χ0n) is 14.4. The summed E-state index contributed by atoms with van der Waals surface area (Å²) in [6, 6.07) is 5.65. The summed E-state index contributed by atoms with van der Waals surface area (Å²) in [6.07, 6.45) is 3.49. The van der Waals surface area contributed by atoms with Gasteiger partial charge in [0, 0.05) is 28.9 Å². The van der Waals surface area contributed by atoms with Gasteiger partial charge in [-0.2, -0.15) is 0 Å². The summed E-state index contributed by atoms with van der Waals surface area (Å²) in [6.45, 7) is 1.77.